The maximum Gasteiger partial charge on any atom is 0.269 e. The molecule has 0 radical (unpaired) electrons. The fourth-order valence-electron chi connectivity index (χ4n) is 2.24. The molecule has 0 amide bonds. The Bertz CT molecular complexity index is 741. The van der Waals surface area contributed by atoms with E-state index in [1.807, 2.05) is 26.0 Å². The molecule has 1 heterocycles. The van der Waals surface area contributed by atoms with Crippen molar-refractivity contribution in [3.63, 3.8) is 0 Å². The molecule has 6 heteroatoms. The lowest BCUT2D eigenvalue weighted by Gasteiger charge is -2.23. The zero-order chi connectivity index (χ0) is 15.7. The van der Waals surface area contributed by atoms with E-state index in [1.165, 1.54) is 17.7 Å². The van der Waals surface area contributed by atoms with Crippen LogP contribution in [0.25, 0.3) is 0 Å². The SMILES string of the molecule is Cc1ccc(C2=NNC(C)(c3ccc([N+](=O)[O-])cc3)S2)cc1. The first-order valence-electron chi connectivity index (χ1n) is 6.84. The van der Waals surface area contributed by atoms with Crippen LogP contribution in [-0.2, 0) is 4.87 Å². The minimum Gasteiger partial charge on any atom is -0.288 e. The quantitative estimate of drug-likeness (QED) is 0.692. The van der Waals surface area contributed by atoms with Gasteiger partial charge < -0.3 is 0 Å². The van der Waals surface area contributed by atoms with Gasteiger partial charge in [0.05, 0.1) is 4.92 Å². The number of hydrogen-bond donors (Lipinski definition) is 1. The summed E-state index contributed by atoms with van der Waals surface area (Å²) in [7, 11) is 0. The number of nitrogens with zero attached hydrogens (tertiary/aromatic N) is 2. The van der Waals surface area contributed by atoms with Crippen LogP contribution >= 0.6 is 11.8 Å². The molecule has 1 N–H and O–H groups in total. The lowest BCUT2D eigenvalue weighted by molar-refractivity contribution is -0.384. The standard InChI is InChI=1S/C16H15N3O2S/c1-11-3-5-12(6-4-11)15-17-18-16(2,22-15)13-7-9-14(10-8-13)19(20)21/h3-10,18H,1-2H3. The minimum absolute atomic E-state index is 0.0926. The molecule has 0 bridgehead atoms. The van der Waals surface area contributed by atoms with Gasteiger partial charge in [-0.2, -0.15) is 5.10 Å². The van der Waals surface area contributed by atoms with Crippen molar-refractivity contribution < 1.29 is 4.92 Å². The molecule has 1 aliphatic rings. The summed E-state index contributed by atoms with van der Waals surface area (Å²) < 4.78 is 0. The third kappa shape index (κ3) is 2.69. The molecule has 0 aliphatic carbocycles. The zero-order valence-electron chi connectivity index (χ0n) is 12.2. The summed E-state index contributed by atoms with van der Waals surface area (Å²) in [6.07, 6.45) is 0. The Morgan fingerprint density at radius 3 is 2.36 bits per heavy atom. The Morgan fingerprint density at radius 1 is 1.14 bits per heavy atom. The molecule has 0 saturated heterocycles. The first-order chi connectivity index (χ1) is 10.5. The maximum atomic E-state index is 10.7. The van der Waals surface area contributed by atoms with Gasteiger partial charge in [0.25, 0.3) is 5.69 Å². The van der Waals surface area contributed by atoms with Gasteiger partial charge in [0, 0.05) is 17.7 Å². The van der Waals surface area contributed by atoms with E-state index in [-0.39, 0.29) is 5.69 Å². The monoisotopic (exact) mass is 313 g/mol. The van der Waals surface area contributed by atoms with Gasteiger partial charge >= 0.3 is 0 Å². The number of nitrogens with one attached hydrogen (secondary N) is 1. The molecule has 0 spiro atoms. The van der Waals surface area contributed by atoms with Crippen molar-refractivity contribution >= 4 is 22.5 Å². The van der Waals surface area contributed by atoms with Crippen LogP contribution in [0.15, 0.2) is 53.6 Å². The fraction of sp³-hybridized carbons (Fsp3) is 0.188. The Hall–Kier alpha value is -2.34. The maximum absolute atomic E-state index is 10.7. The van der Waals surface area contributed by atoms with Gasteiger partial charge in [0.2, 0.25) is 0 Å². The smallest absolute Gasteiger partial charge is 0.269 e. The highest BCUT2D eigenvalue weighted by molar-refractivity contribution is 8.15. The third-order valence-electron chi connectivity index (χ3n) is 3.60. The van der Waals surface area contributed by atoms with Gasteiger partial charge in [-0.1, -0.05) is 41.6 Å². The van der Waals surface area contributed by atoms with Crippen LogP contribution in [0.1, 0.15) is 23.6 Å². The number of rotatable bonds is 3. The summed E-state index contributed by atoms with van der Waals surface area (Å²) in [6.45, 7) is 4.07. The van der Waals surface area contributed by atoms with Crippen LogP contribution in [0.3, 0.4) is 0 Å². The van der Waals surface area contributed by atoms with Crippen molar-refractivity contribution in [2.75, 3.05) is 0 Å². The Morgan fingerprint density at radius 2 is 1.77 bits per heavy atom. The third-order valence-corrected chi connectivity index (χ3v) is 4.85. The fourth-order valence-corrected chi connectivity index (χ4v) is 3.32. The molecule has 5 nitrogen and oxygen atoms in total. The van der Waals surface area contributed by atoms with Crippen LogP contribution < -0.4 is 5.43 Å². The second-order valence-electron chi connectivity index (χ2n) is 5.33. The van der Waals surface area contributed by atoms with E-state index in [0.29, 0.717) is 0 Å². The van der Waals surface area contributed by atoms with Crippen LogP contribution in [0.4, 0.5) is 5.69 Å². The molecular weight excluding hydrogens is 298 g/mol. The molecule has 1 atom stereocenters. The summed E-state index contributed by atoms with van der Waals surface area (Å²) in [5.41, 5.74) is 6.46. The van der Waals surface area contributed by atoms with E-state index in [9.17, 15) is 10.1 Å². The number of thioether (sulfide) groups is 1. The van der Waals surface area contributed by atoms with Crippen LogP contribution in [0.5, 0.6) is 0 Å². The highest BCUT2D eigenvalue weighted by Crippen LogP contribution is 2.40. The predicted octanol–water partition coefficient (Wildman–Crippen LogP) is 3.77. The second kappa shape index (κ2) is 5.46. The molecule has 0 saturated carbocycles. The number of hydrazone groups is 1. The van der Waals surface area contributed by atoms with Gasteiger partial charge in [-0.25, -0.2) is 0 Å². The molecule has 0 aromatic heterocycles. The van der Waals surface area contributed by atoms with Crippen molar-refractivity contribution in [2.24, 2.45) is 5.10 Å². The minimum atomic E-state index is -0.421. The summed E-state index contributed by atoms with van der Waals surface area (Å²) in [5.74, 6) is 0. The highest BCUT2D eigenvalue weighted by Gasteiger charge is 2.34. The van der Waals surface area contributed by atoms with E-state index in [4.69, 9.17) is 0 Å². The lowest BCUT2D eigenvalue weighted by Crippen LogP contribution is -2.28. The van der Waals surface area contributed by atoms with E-state index >= 15 is 0 Å². The van der Waals surface area contributed by atoms with E-state index < -0.39 is 9.79 Å². The molecule has 1 aliphatic heterocycles. The average molecular weight is 313 g/mol. The Labute approximate surface area is 132 Å². The normalized spacial score (nSPS) is 20.4. The molecular formula is C16H15N3O2S. The largest absolute Gasteiger partial charge is 0.288 e. The Balaban J connectivity index is 1.82. The van der Waals surface area contributed by atoms with E-state index in [2.05, 4.69) is 22.7 Å². The molecule has 1 unspecified atom stereocenters. The summed E-state index contributed by atoms with van der Waals surface area (Å²) >= 11 is 1.61. The number of hydrogen-bond acceptors (Lipinski definition) is 5. The molecule has 3 rings (SSSR count). The summed E-state index contributed by atoms with van der Waals surface area (Å²) in [5, 5.41) is 16.1. The molecule has 2 aromatic carbocycles. The van der Waals surface area contributed by atoms with E-state index in [1.54, 1.807) is 23.9 Å². The van der Waals surface area contributed by atoms with Gasteiger partial charge in [-0.05, 0) is 31.5 Å². The zero-order valence-corrected chi connectivity index (χ0v) is 13.1. The van der Waals surface area contributed by atoms with Gasteiger partial charge in [-0.3, -0.25) is 15.5 Å². The molecule has 112 valence electrons. The number of nitro benzene ring substituents is 1. The van der Waals surface area contributed by atoms with Crippen molar-refractivity contribution in [2.45, 2.75) is 18.7 Å². The van der Waals surface area contributed by atoms with Crippen molar-refractivity contribution in [3.05, 3.63) is 75.3 Å². The number of nitro groups is 1. The summed E-state index contributed by atoms with van der Waals surface area (Å²) in [6, 6.07) is 14.8. The topological polar surface area (TPSA) is 67.5 Å². The van der Waals surface area contributed by atoms with Crippen molar-refractivity contribution in [1.29, 1.82) is 0 Å². The van der Waals surface area contributed by atoms with Crippen LogP contribution in [0.2, 0.25) is 0 Å². The van der Waals surface area contributed by atoms with Gasteiger partial charge in [-0.15, -0.1) is 0 Å². The number of benzene rings is 2. The summed E-state index contributed by atoms with van der Waals surface area (Å²) in [4.78, 5) is 9.93. The van der Waals surface area contributed by atoms with Crippen LogP contribution in [0, 0.1) is 17.0 Å². The number of non-ortho nitro benzene ring substituents is 1. The van der Waals surface area contributed by atoms with Crippen molar-refractivity contribution in [3.8, 4) is 0 Å². The first kappa shape index (κ1) is 14.6. The van der Waals surface area contributed by atoms with Crippen LogP contribution in [-0.4, -0.2) is 9.97 Å². The highest BCUT2D eigenvalue weighted by atomic mass is 32.2. The lowest BCUT2D eigenvalue weighted by atomic mass is 10.1. The number of aryl methyl sites for hydroxylation is 1. The second-order valence-corrected chi connectivity index (χ2v) is 6.74. The molecule has 2 aromatic rings. The van der Waals surface area contributed by atoms with Gasteiger partial charge in [0.15, 0.2) is 0 Å². The van der Waals surface area contributed by atoms with E-state index in [0.717, 1.165) is 16.2 Å². The predicted molar refractivity (Wildman–Crippen MR) is 88.9 cm³/mol. The molecule has 22 heavy (non-hydrogen) atoms. The first-order valence-corrected chi connectivity index (χ1v) is 7.65. The van der Waals surface area contributed by atoms with Crippen molar-refractivity contribution in [1.82, 2.24) is 5.43 Å². The van der Waals surface area contributed by atoms with Gasteiger partial charge in [0.1, 0.15) is 9.91 Å². The average Bonchev–Trinajstić information content (AvgIpc) is 2.92. The molecule has 0 fully saturated rings. The Kier molecular flexibility index (Phi) is 3.62.